The Bertz CT molecular complexity index is 584. The molecule has 2 aromatic rings. The Hall–Kier alpha value is -0.870. The Labute approximate surface area is 148 Å². The lowest BCUT2D eigenvalue weighted by Gasteiger charge is -2.39. The molecule has 0 amide bonds. The summed E-state index contributed by atoms with van der Waals surface area (Å²) in [6, 6.07) is 9.10. The molecule has 1 aliphatic heterocycles. The van der Waals surface area contributed by atoms with Gasteiger partial charge in [-0.3, -0.25) is 0 Å². The summed E-state index contributed by atoms with van der Waals surface area (Å²) in [6.45, 7) is 5.54. The first kappa shape index (κ1) is 17.0. The minimum atomic E-state index is 0.311. The van der Waals surface area contributed by atoms with Gasteiger partial charge in [-0.05, 0) is 42.8 Å². The zero-order chi connectivity index (χ0) is 16.1. The fourth-order valence-electron chi connectivity index (χ4n) is 2.94. The number of benzene rings is 1. The molecular formula is C19H26N2S2. The summed E-state index contributed by atoms with van der Waals surface area (Å²) in [4.78, 5) is 4.18. The molecular weight excluding hydrogens is 320 g/mol. The summed E-state index contributed by atoms with van der Waals surface area (Å²) in [5.74, 6) is 3.49. The second-order valence-electron chi connectivity index (χ2n) is 6.52. The molecule has 1 aliphatic rings. The molecule has 1 aromatic carbocycles. The molecule has 2 heterocycles. The first-order valence-electron chi connectivity index (χ1n) is 8.48. The van der Waals surface area contributed by atoms with Crippen molar-refractivity contribution in [1.29, 1.82) is 0 Å². The van der Waals surface area contributed by atoms with Gasteiger partial charge in [-0.25, -0.2) is 4.98 Å². The van der Waals surface area contributed by atoms with Crippen LogP contribution >= 0.6 is 23.5 Å². The van der Waals surface area contributed by atoms with Crippen molar-refractivity contribution in [2.75, 3.05) is 11.5 Å². The molecule has 0 spiro atoms. The first-order chi connectivity index (χ1) is 11.2. The van der Waals surface area contributed by atoms with Crippen molar-refractivity contribution >= 4 is 23.5 Å². The van der Waals surface area contributed by atoms with Gasteiger partial charge in [0.2, 0.25) is 0 Å². The molecule has 0 saturated carbocycles. The Morgan fingerprint density at radius 3 is 2.57 bits per heavy atom. The van der Waals surface area contributed by atoms with E-state index in [-0.39, 0.29) is 0 Å². The lowest BCUT2D eigenvalue weighted by Crippen LogP contribution is -2.32. The summed E-state index contributed by atoms with van der Waals surface area (Å²) >= 11 is 4.39. The predicted molar refractivity (Wildman–Crippen MR) is 103 cm³/mol. The van der Waals surface area contributed by atoms with Gasteiger partial charge in [-0.15, -0.1) is 23.5 Å². The highest BCUT2D eigenvalue weighted by molar-refractivity contribution is 8.18. The molecule has 3 rings (SSSR count). The van der Waals surface area contributed by atoms with Gasteiger partial charge in [-0.1, -0.05) is 43.2 Å². The third-order valence-corrected chi connectivity index (χ3v) is 8.38. The van der Waals surface area contributed by atoms with E-state index in [2.05, 4.69) is 77.4 Å². The van der Waals surface area contributed by atoms with Crippen LogP contribution in [0.15, 0.2) is 43.0 Å². The SMILES string of the molecule is CCC1CSC(CCn2ccnc2)(Cc2ccc(C)cc2)SC1. The monoisotopic (exact) mass is 346 g/mol. The van der Waals surface area contributed by atoms with E-state index >= 15 is 0 Å². The third kappa shape index (κ3) is 4.57. The average molecular weight is 347 g/mol. The molecule has 2 nitrogen and oxygen atoms in total. The van der Waals surface area contributed by atoms with Gasteiger partial charge in [0.15, 0.2) is 0 Å². The molecule has 1 fully saturated rings. The maximum atomic E-state index is 4.18. The Morgan fingerprint density at radius 1 is 1.22 bits per heavy atom. The zero-order valence-electron chi connectivity index (χ0n) is 14.1. The molecule has 0 N–H and O–H groups in total. The predicted octanol–water partition coefficient (Wildman–Crippen LogP) is 5.03. The van der Waals surface area contributed by atoms with Crippen molar-refractivity contribution in [3.63, 3.8) is 0 Å². The van der Waals surface area contributed by atoms with Gasteiger partial charge in [0.1, 0.15) is 0 Å². The van der Waals surface area contributed by atoms with Crippen LogP contribution in [0.1, 0.15) is 30.9 Å². The van der Waals surface area contributed by atoms with Crippen molar-refractivity contribution in [1.82, 2.24) is 9.55 Å². The normalized spacial score (nSPS) is 24.7. The van der Waals surface area contributed by atoms with Crippen LogP contribution < -0.4 is 0 Å². The number of thioether (sulfide) groups is 2. The van der Waals surface area contributed by atoms with Crippen molar-refractivity contribution < 1.29 is 0 Å². The minimum Gasteiger partial charge on any atom is -0.337 e. The van der Waals surface area contributed by atoms with E-state index in [9.17, 15) is 0 Å². The van der Waals surface area contributed by atoms with E-state index in [1.807, 2.05) is 12.5 Å². The van der Waals surface area contributed by atoms with Crippen molar-refractivity contribution in [2.24, 2.45) is 5.92 Å². The van der Waals surface area contributed by atoms with Crippen molar-refractivity contribution in [3.8, 4) is 0 Å². The summed E-state index contributed by atoms with van der Waals surface area (Å²) in [5.41, 5.74) is 2.81. The number of nitrogens with zero attached hydrogens (tertiary/aromatic N) is 2. The van der Waals surface area contributed by atoms with E-state index in [0.717, 1.165) is 18.9 Å². The number of imidazole rings is 1. The summed E-state index contributed by atoms with van der Waals surface area (Å²) in [7, 11) is 0. The molecule has 0 unspecified atom stereocenters. The summed E-state index contributed by atoms with van der Waals surface area (Å²) < 4.78 is 2.52. The van der Waals surface area contributed by atoms with Crippen molar-refractivity contribution in [2.45, 2.75) is 43.7 Å². The molecule has 1 saturated heterocycles. The van der Waals surface area contributed by atoms with Crippen LogP contribution in [0.4, 0.5) is 0 Å². The van der Waals surface area contributed by atoms with Gasteiger partial charge < -0.3 is 4.57 Å². The molecule has 23 heavy (non-hydrogen) atoms. The van der Waals surface area contributed by atoms with Crippen LogP contribution in [0.3, 0.4) is 0 Å². The number of rotatable bonds is 6. The Kier molecular flexibility index (Phi) is 5.76. The molecule has 124 valence electrons. The molecule has 0 bridgehead atoms. The van der Waals surface area contributed by atoms with E-state index < -0.39 is 0 Å². The average Bonchev–Trinajstić information content (AvgIpc) is 3.10. The van der Waals surface area contributed by atoms with Crippen LogP contribution in [0.5, 0.6) is 0 Å². The van der Waals surface area contributed by atoms with Crippen LogP contribution in [-0.4, -0.2) is 25.1 Å². The van der Waals surface area contributed by atoms with E-state index in [1.165, 1.54) is 35.5 Å². The second-order valence-corrected chi connectivity index (χ2v) is 9.59. The van der Waals surface area contributed by atoms with Crippen LogP contribution in [0.2, 0.25) is 0 Å². The number of aryl methyl sites for hydroxylation is 2. The molecule has 0 aliphatic carbocycles. The smallest absolute Gasteiger partial charge is 0.0945 e. The Balaban J connectivity index is 1.71. The number of hydrogen-bond acceptors (Lipinski definition) is 3. The summed E-state index contributed by atoms with van der Waals surface area (Å²) in [5, 5.41) is 0. The second kappa shape index (κ2) is 7.80. The first-order valence-corrected chi connectivity index (χ1v) is 10.5. The van der Waals surface area contributed by atoms with Crippen LogP contribution in [-0.2, 0) is 13.0 Å². The van der Waals surface area contributed by atoms with Crippen LogP contribution in [0.25, 0.3) is 0 Å². The fraction of sp³-hybridized carbons (Fsp3) is 0.526. The highest BCUT2D eigenvalue weighted by Crippen LogP contribution is 2.49. The van der Waals surface area contributed by atoms with E-state index in [0.29, 0.717) is 4.08 Å². The van der Waals surface area contributed by atoms with Gasteiger partial charge in [0, 0.05) is 18.9 Å². The largest absolute Gasteiger partial charge is 0.337 e. The van der Waals surface area contributed by atoms with Gasteiger partial charge >= 0.3 is 0 Å². The van der Waals surface area contributed by atoms with Crippen LogP contribution in [0, 0.1) is 12.8 Å². The van der Waals surface area contributed by atoms with Gasteiger partial charge in [0.25, 0.3) is 0 Å². The standard InChI is InChI=1S/C19H26N2S2/c1-3-17-13-22-19(23-14-17,8-10-21-11-9-20-15-21)12-18-6-4-16(2)5-7-18/h4-7,9,11,15,17H,3,8,10,12-14H2,1-2H3. The Morgan fingerprint density at radius 2 is 1.96 bits per heavy atom. The third-order valence-electron chi connectivity index (χ3n) is 4.65. The molecule has 4 heteroatoms. The maximum absolute atomic E-state index is 4.18. The lowest BCUT2D eigenvalue weighted by molar-refractivity contribution is 0.575. The quantitative estimate of drug-likeness (QED) is 0.731. The summed E-state index contributed by atoms with van der Waals surface area (Å²) in [6.07, 6.45) is 9.55. The lowest BCUT2D eigenvalue weighted by atomic mass is 10.1. The topological polar surface area (TPSA) is 17.8 Å². The highest BCUT2D eigenvalue weighted by atomic mass is 32.2. The van der Waals surface area contributed by atoms with E-state index in [1.54, 1.807) is 0 Å². The molecule has 1 aromatic heterocycles. The zero-order valence-corrected chi connectivity index (χ0v) is 15.7. The minimum absolute atomic E-state index is 0.311. The van der Waals surface area contributed by atoms with Crippen molar-refractivity contribution in [3.05, 3.63) is 54.1 Å². The molecule has 0 atom stereocenters. The van der Waals surface area contributed by atoms with E-state index in [4.69, 9.17) is 0 Å². The number of hydrogen-bond donors (Lipinski definition) is 0. The highest BCUT2D eigenvalue weighted by Gasteiger charge is 2.36. The van der Waals surface area contributed by atoms with Gasteiger partial charge in [-0.2, -0.15) is 0 Å². The number of aromatic nitrogens is 2. The molecule has 0 radical (unpaired) electrons. The fourth-order valence-corrected chi connectivity index (χ4v) is 6.62. The van der Waals surface area contributed by atoms with Gasteiger partial charge in [0.05, 0.1) is 10.4 Å². The maximum Gasteiger partial charge on any atom is 0.0945 e.